The normalized spacial score (nSPS) is 12.7. The number of aliphatic hydroxyl groups excluding tert-OH is 2. The van der Waals surface area contributed by atoms with Gasteiger partial charge in [0.2, 0.25) is 5.91 Å². The van der Waals surface area contributed by atoms with Gasteiger partial charge in [0, 0.05) is 19.4 Å². The van der Waals surface area contributed by atoms with Crippen LogP contribution in [-0.4, -0.2) is 29.0 Å². The van der Waals surface area contributed by atoms with Gasteiger partial charge in [-0.3, -0.25) is 4.79 Å². The fourth-order valence-corrected chi connectivity index (χ4v) is 0.482. The Labute approximate surface area is 59.9 Å². The molecule has 0 rings (SSSR count). The fourth-order valence-electron chi connectivity index (χ4n) is 0.482. The molecular weight excluding hydrogens is 134 g/mol. The highest BCUT2D eigenvalue weighted by molar-refractivity contribution is 5.75. The Hall–Kier alpha value is -0.610. The molecule has 0 aromatic rings. The van der Waals surface area contributed by atoms with Crippen LogP contribution in [0.4, 0.5) is 0 Å². The summed E-state index contributed by atoms with van der Waals surface area (Å²) in [6, 6.07) is 0. The summed E-state index contributed by atoms with van der Waals surface area (Å²) in [5, 5.41) is 19.5. The molecule has 0 saturated heterocycles. The van der Waals surface area contributed by atoms with E-state index in [0.29, 0.717) is 6.42 Å². The highest BCUT2D eigenvalue weighted by atomic mass is 16.3. The summed E-state index contributed by atoms with van der Waals surface area (Å²) >= 11 is 0. The Bertz CT molecular complexity index is 105. The second kappa shape index (κ2) is 5.20. The first-order valence-corrected chi connectivity index (χ1v) is 3.29. The van der Waals surface area contributed by atoms with Crippen LogP contribution < -0.4 is 5.32 Å². The quantitative estimate of drug-likeness (QED) is 0.456. The Morgan fingerprint density at radius 2 is 2.30 bits per heavy atom. The van der Waals surface area contributed by atoms with Crippen molar-refractivity contribution in [3.05, 3.63) is 0 Å². The predicted molar refractivity (Wildman–Crippen MR) is 36.1 cm³/mol. The number of carbonyl (C=O) groups is 1. The lowest BCUT2D eigenvalue weighted by molar-refractivity contribution is -0.123. The minimum atomic E-state index is -0.905. The van der Waals surface area contributed by atoms with Crippen molar-refractivity contribution in [1.82, 2.24) is 5.32 Å². The van der Waals surface area contributed by atoms with Gasteiger partial charge >= 0.3 is 0 Å². The lowest BCUT2D eigenvalue weighted by Crippen LogP contribution is -2.34. The van der Waals surface area contributed by atoms with Crippen molar-refractivity contribution >= 4 is 5.91 Å². The van der Waals surface area contributed by atoms with E-state index in [1.54, 1.807) is 6.92 Å². The fraction of sp³-hybridized carbons (Fsp3) is 0.833. The molecule has 0 radical (unpaired) electrons. The average molecular weight is 147 g/mol. The standard InChI is InChI=1S/C6H13NO3/c1-2-5(9)7-6(10)3-4-8/h6,8,10H,2-4H2,1H3,(H,7,9). The molecule has 0 aliphatic rings. The van der Waals surface area contributed by atoms with Gasteiger partial charge in [0.15, 0.2) is 0 Å². The zero-order valence-corrected chi connectivity index (χ0v) is 6.00. The second-order valence-electron chi connectivity index (χ2n) is 1.95. The molecule has 0 aromatic carbocycles. The van der Waals surface area contributed by atoms with Gasteiger partial charge in [-0.25, -0.2) is 0 Å². The third kappa shape index (κ3) is 4.29. The van der Waals surface area contributed by atoms with Crippen LogP contribution in [-0.2, 0) is 4.79 Å². The molecule has 0 aromatic heterocycles. The number of carbonyl (C=O) groups excluding carboxylic acids is 1. The van der Waals surface area contributed by atoms with Crippen molar-refractivity contribution in [1.29, 1.82) is 0 Å². The third-order valence-corrected chi connectivity index (χ3v) is 1.05. The van der Waals surface area contributed by atoms with Gasteiger partial charge in [-0.15, -0.1) is 0 Å². The van der Waals surface area contributed by atoms with E-state index in [9.17, 15) is 4.79 Å². The largest absolute Gasteiger partial charge is 0.396 e. The first kappa shape index (κ1) is 9.39. The Balaban J connectivity index is 3.37. The first-order valence-electron chi connectivity index (χ1n) is 3.29. The minimum absolute atomic E-state index is 0.120. The molecule has 3 N–H and O–H groups in total. The summed E-state index contributed by atoms with van der Waals surface area (Å²) in [6.45, 7) is 1.58. The van der Waals surface area contributed by atoms with E-state index in [1.165, 1.54) is 0 Å². The van der Waals surface area contributed by atoms with Gasteiger partial charge in [-0.05, 0) is 0 Å². The van der Waals surface area contributed by atoms with E-state index < -0.39 is 6.23 Å². The Morgan fingerprint density at radius 1 is 1.70 bits per heavy atom. The van der Waals surface area contributed by atoms with Gasteiger partial charge < -0.3 is 15.5 Å². The summed E-state index contributed by atoms with van der Waals surface area (Å²) in [5.74, 6) is -0.207. The highest BCUT2D eigenvalue weighted by Crippen LogP contribution is 1.85. The van der Waals surface area contributed by atoms with Gasteiger partial charge in [0.25, 0.3) is 0 Å². The average Bonchev–Trinajstić information content (AvgIpc) is 1.88. The summed E-state index contributed by atoms with van der Waals surface area (Å²) in [5.41, 5.74) is 0. The van der Waals surface area contributed by atoms with Crippen LogP contribution >= 0.6 is 0 Å². The summed E-state index contributed by atoms with van der Waals surface area (Å²) in [4.78, 5) is 10.5. The highest BCUT2D eigenvalue weighted by Gasteiger charge is 2.04. The number of hydrogen-bond acceptors (Lipinski definition) is 3. The smallest absolute Gasteiger partial charge is 0.221 e. The van der Waals surface area contributed by atoms with Crippen LogP contribution in [0.2, 0.25) is 0 Å². The van der Waals surface area contributed by atoms with Crippen molar-refractivity contribution in [2.75, 3.05) is 6.61 Å². The third-order valence-electron chi connectivity index (χ3n) is 1.05. The SMILES string of the molecule is CCC(=O)NC(O)CCO. The van der Waals surface area contributed by atoms with Gasteiger partial charge in [0.05, 0.1) is 0 Å². The van der Waals surface area contributed by atoms with Crippen molar-refractivity contribution < 1.29 is 15.0 Å². The van der Waals surface area contributed by atoms with E-state index in [1.807, 2.05) is 0 Å². The van der Waals surface area contributed by atoms with Crippen LogP contribution in [0.3, 0.4) is 0 Å². The Kier molecular flexibility index (Phi) is 4.88. The zero-order valence-electron chi connectivity index (χ0n) is 6.00. The van der Waals surface area contributed by atoms with Crippen molar-refractivity contribution in [3.8, 4) is 0 Å². The molecule has 0 aliphatic carbocycles. The molecular formula is C6H13NO3. The number of hydrogen-bond donors (Lipinski definition) is 3. The molecule has 0 aliphatic heterocycles. The molecule has 4 nitrogen and oxygen atoms in total. The lowest BCUT2D eigenvalue weighted by Gasteiger charge is -2.09. The maximum Gasteiger partial charge on any atom is 0.221 e. The first-order chi connectivity index (χ1) is 4.70. The molecule has 4 heteroatoms. The van der Waals surface area contributed by atoms with Crippen molar-refractivity contribution in [3.63, 3.8) is 0 Å². The number of nitrogens with one attached hydrogen (secondary N) is 1. The van der Waals surface area contributed by atoms with E-state index >= 15 is 0 Å². The molecule has 0 saturated carbocycles. The molecule has 10 heavy (non-hydrogen) atoms. The molecule has 1 amide bonds. The van der Waals surface area contributed by atoms with E-state index in [4.69, 9.17) is 10.2 Å². The number of aliphatic hydroxyl groups is 2. The van der Waals surface area contributed by atoms with E-state index in [0.717, 1.165) is 0 Å². The van der Waals surface area contributed by atoms with E-state index in [-0.39, 0.29) is 18.9 Å². The monoisotopic (exact) mass is 147 g/mol. The lowest BCUT2D eigenvalue weighted by atomic mass is 10.3. The van der Waals surface area contributed by atoms with Crippen LogP contribution in [0.15, 0.2) is 0 Å². The number of amides is 1. The molecule has 1 atom stereocenters. The molecule has 60 valence electrons. The minimum Gasteiger partial charge on any atom is -0.396 e. The van der Waals surface area contributed by atoms with Crippen molar-refractivity contribution in [2.24, 2.45) is 0 Å². The van der Waals surface area contributed by atoms with Crippen LogP contribution in [0.25, 0.3) is 0 Å². The molecule has 0 spiro atoms. The predicted octanol–water partition coefficient (Wildman–Crippen LogP) is -0.787. The summed E-state index contributed by atoms with van der Waals surface area (Å²) in [7, 11) is 0. The maximum absolute atomic E-state index is 10.5. The topological polar surface area (TPSA) is 69.6 Å². The maximum atomic E-state index is 10.5. The van der Waals surface area contributed by atoms with Gasteiger partial charge in [0.1, 0.15) is 6.23 Å². The summed E-state index contributed by atoms with van der Waals surface area (Å²) in [6.07, 6.45) is -0.369. The van der Waals surface area contributed by atoms with E-state index in [2.05, 4.69) is 5.32 Å². The van der Waals surface area contributed by atoms with Gasteiger partial charge in [-0.2, -0.15) is 0 Å². The zero-order chi connectivity index (χ0) is 7.98. The second-order valence-corrected chi connectivity index (χ2v) is 1.95. The summed E-state index contributed by atoms with van der Waals surface area (Å²) < 4.78 is 0. The van der Waals surface area contributed by atoms with Crippen LogP contribution in [0.5, 0.6) is 0 Å². The molecule has 0 fully saturated rings. The Morgan fingerprint density at radius 3 is 2.70 bits per heavy atom. The van der Waals surface area contributed by atoms with Gasteiger partial charge in [-0.1, -0.05) is 6.92 Å². The molecule has 0 bridgehead atoms. The molecule has 0 heterocycles. The molecule has 1 unspecified atom stereocenters. The van der Waals surface area contributed by atoms with Crippen molar-refractivity contribution in [2.45, 2.75) is 26.0 Å². The van der Waals surface area contributed by atoms with Crippen LogP contribution in [0.1, 0.15) is 19.8 Å². The van der Waals surface area contributed by atoms with Crippen LogP contribution in [0, 0.1) is 0 Å². The number of rotatable bonds is 4.